The first-order valence-corrected chi connectivity index (χ1v) is 6.51. The van der Waals surface area contributed by atoms with Crippen molar-refractivity contribution in [3.63, 3.8) is 0 Å². The van der Waals surface area contributed by atoms with Crippen molar-refractivity contribution in [2.24, 2.45) is 0 Å². The van der Waals surface area contributed by atoms with Crippen LogP contribution in [0.4, 0.5) is 11.6 Å². The summed E-state index contributed by atoms with van der Waals surface area (Å²) >= 11 is 0. The maximum Gasteiger partial charge on any atom is 0.137 e. The molecule has 0 unspecified atom stereocenters. The molecule has 2 heterocycles. The van der Waals surface area contributed by atoms with Crippen LogP contribution in [0.5, 0.6) is 0 Å². The lowest BCUT2D eigenvalue weighted by molar-refractivity contribution is 0.0638. The molecule has 18 heavy (non-hydrogen) atoms. The Morgan fingerprint density at radius 1 is 1.44 bits per heavy atom. The van der Waals surface area contributed by atoms with Gasteiger partial charge in [0.15, 0.2) is 0 Å². The number of hydrogen-bond acceptors (Lipinski definition) is 5. The van der Waals surface area contributed by atoms with Gasteiger partial charge in [-0.05, 0) is 20.3 Å². The Hall–Kier alpha value is -1.36. The molecule has 2 rings (SSSR count). The van der Waals surface area contributed by atoms with Crippen molar-refractivity contribution >= 4 is 11.6 Å². The molecule has 5 nitrogen and oxygen atoms in total. The van der Waals surface area contributed by atoms with Crippen molar-refractivity contribution in [3.05, 3.63) is 11.9 Å². The van der Waals surface area contributed by atoms with Crippen LogP contribution in [0.1, 0.15) is 32.8 Å². The van der Waals surface area contributed by atoms with Gasteiger partial charge in [-0.3, -0.25) is 0 Å². The van der Waals surface area contributed by atoms with E-state index in [0.717, 1.165) is 37.4 Å². The minimum absolute atomic E-state index is 0.0540. The molecule has 0 saturated carbocycles. The third-order valence-electron chi connectivity index (χ3n) is 3.36. The van der Waals surface area contributed by atoms with Crippen LogP contribution in [-0.4, -0.2) is 35.3 Å². The highest BCUT2D eigenvalue weighted by Crippen LogP contribution is 2.30. The van der Waals surface area contributed by atoms with E-state index in [0.29, 0.717) is 12.4 Å². The second kappa shape index (κ2) is 5.10. The van der Waals surface area contributed by atoms with Gasteiger partial charge < -0.3 is 15.4 Å². The molecule has 2 N–H and O–H groups in total. The van der Waals surface area contributed by atoms with Gasteiger partial charge in [0.05, 0.1) is 18.8 Å². The summed E-state index contributed by atoms with van der Waals surface area (Å²) in [6, 6.07) is 0. The molecule has 0 aromatic carbocycles. The van der Waals surface area contributed by atoms with Gasteiger partial charge in [0.25, 0.3) is 0 Å². The summed E-state index contributed by atoms with van der Waals surface area (Å²) in [4.78, 5) is 10.9. The van der Waals surface area contributed by atoms with Crippen LogP contribution in [0, 0.1) is 0 Å². The zero-order valence-electron chi connectivity index (χ0n) is 11.4. The van der Waals surface area contributed by atoms with Crippen molar-refractivity contribution in [1.29, 1.82) is 0 Å². The Morgan fingerprint density at radius 2 is 2.22 bits per heavy atom. The number of hydrogen-bond donors (Lipinski definition) is 1. The molecular weight excluding hydrogens is 228 g/mol. The molecule has 1 aliphatic rings. The van der Waals surface area contributed by atoms with Crippen LogP contribution in [0.25, 0.3) is 0 Å². The molecule has 0 amide bonds. The first-order chi connectivity index (χ1) is 8.56. The average molecular weight is 250 g/mol. The summed E-state index contributed by atoms with van der Waals surface area (Å²) in [5.74, 6) is 1.57. The molecule has 1 aliphatic heterocycles. The monoisotopic (exact) mass is 250 g/mol. The molecule has 1 saturated heterocycles. The van der Waals surface area contributed by atoms with Crippen LogP contribution < -0.4 is 10.6 Å². The predicted molar refractivity (Wildman–Crippen MR) is 72.7 cm³/mol. The summed E-state index contributed by atoms with van der Waals surface area (Å²) in [6.07, 6.45) is 3.50. The largest absolute Gasteiger partial charge is 0.383 e. The second-order valence-electron chi connectivity index (χ2n) is 5.33. The number of nitrogens with zero attached hydrogens (tertiary/aromatic N) is 3. The van der Waals surface area contributed by atoms with E-state index < -0.39 is 0 Å². The predicted octanol–water partition coefficient (Wildman–Crippen LogP) is 1.63. The number of anilines is 2. The van der Waals surface area contributed by atoms with Crippen LogP contribution >= 0.6 is 0 Å². The zero-order chi connectivity index (χ0) is 13.2. The maximum atomic E-state index is 5.99. The summed E-state index contributed by atoms with van der Waals surface area (Å²) in [5, 5.41) is 0. The minimum atomic E-state index is -0.0540. The molecular formula is C13H22N4O. The number of ether oxygens (including phenoxy) is 1. The molecule has 1 fully saturated rings. The lowest BCUT2D eigenvalue weighted by Gasteiger charge is -2.43. The van der Waals surface area contributed by atoms with E-state index in [-0.39, 0.29) is 5.54 Å². The highest BCUT2D eigenvalue weighted by atomic mass is 16.5. The summed E-state index contributed by atoms with van der Waals surface area (Å²) in [7, 11) is 0. The molecule has 0 radical (unpaired) electrons. The zero-order valence-corrected chi connectivity index (χ0v) is 11.4. The number of rotatable bonds is 3. The fourth-order valence-electron chi connectivity index (χ4n) is 2.39. The highest BCUT2D eigenvalue weighted by molar-refractivity contribution is 5.58. The van der Waals surface area contributed by atoms with E-state index in [1.165, 1.54) is 0 Å². The van der Waals surface area contributed by atoms with Crippen molar-refractivity contribution in [2.75, 3.05) is 30.4 Å². The quantitative estimate of drug-likeness (QED) is 0.883. The van der Waals surface area contributed by atoms with Crippen molar-refractivity contribution in [1.82, 2.24) is 9.97 Å². The Bertz CT molecular complexity index is 419. The van der Waals surface area contributed by atoms with Gasteiger partial charge in [0.1, 0.15) is 18.0 Å². The first-order valence-electron chi connectivity index (χ1n) is 6.51. The normalized spacial score (nSPS) is 18.9. The summed E-state index contributed by atoms with van der Waals surface area (Å²) in [5.41, 5.74) is 7.00. The molecule has 0 bridgehead atoms. The van der Waals surface area contributed by atoms with Gasteiger partial charge in [0, 0.05) is 12.1 Å². The van der Waals surface area contributed by atoms with Gasteiger partial charge in [-0.1, -0.05) is 13.3 Å². The fraction of sp³-hybridized carbons (Fsp3) is 0.692. The Balaban J connectivity index is 2.40. The number of nitrogens with two attached hydrogens (primary N) is 1. The van der Waals surface area contributed by atoms with Crippen LogP contribution in [-0.2, 0) is 11.2 Å². The topological polar surface area (TPSA) is 64.3 Å². The lowest BCUT2D eigenvalue weighted by Crippen LogP contribution is -2.54. The van der Waals surface area contributed by atoms with E-state index in [1.54, 1.807) is 6.33 Å². The Kier molecular flexibility index (Phi) is 3.71. The van der Waals surface area contributed by atoms with Crippen molar-refractivity contribution < 1.29 is 4.74 Å². The van der Waals surface area contributed by atoms with Crippen LogP contribution in [0.15, 0.2) is 6.33 Å². The van der Waals surface area contributed by atoms with Crippen LogP contribution in [0.3, 0.4) is 0 Å². The first kappa shape index (κ1) is 13.1. The van der Waals surface area contributed by atoms with E-state index in [1.807, 2.05) is 0 Å². The van der Waals surface area contributed by atoms with Gasteiger partial charge in [-0.2, -0.15) is 0 Å². The molecule has 1 aromatic heterocycles. The summed E-state index contributed by atoms with van der Waals surface area (Å²) in [6.45, 7) is 8.77. The van der Waals surface area contributed by atoms with Crippen molar-refractivity contribution in [2.45, 2.75) is 39.2 Å². The highest BCUT2D eigenvalue weighted by Gasteiger charge is 2.33. The van der Waals surface area contributed by atoms with E-state index >= 15 is 0 Å². The molecule has 0 atom stereocenters. The number of morpholine rings is 1. The molecule has 0 aliphatic carbocycles. The number of aromatic nitrogens is 2. The number of nitrogen functional groups attached to an aromatic ring is 1. The summed E-state index contributed by atoms with van der Waals surface area (Å²) < 4.78 is 5.55. The Labute approximate surface area is 108 Å². The lowest BCUT2D eigenvalue weighted by atomic mass is 10.0. The standard InChI is InChI=1S/C13H22N4O/c1-4-5-10-11(14)15-9-16-12(10)17-6-7-18-8-13(17,2)3/h9H,4-8H2,1-3H3,(H2,14,15,16). The smallest absolute Gasteiger partial charge is 0.137 e. The SMILES string of the molecule is CCCc1c(N)ncnc1N1CCOCC1(C)C. The third-order valence-corrected chi connectivity index (χ3v) is 3.36. The van der Waals surface area contributed by atoms with E-state index in [9.17, 15) is 0 Å². The fourth-order valence-corrected chi connectivity index (χ4v) is 2.39. The molecule has 1 aromatic rings. The minimum Gasteiger partial charge on any atom is -0.383 e. The van der Waals surface area contributed by atoms with Gasteiger partial charge >= 0.3 is 0 Å². The van der Waals surface area contributed by atoms with Crippen LogP contribution in [0.2, 0.25) is 0 Å². The molecule has 5 heteroatoms. The van der Waals surface area contributed by atoms with Gasteiger partial charge in [0.2, 0.25) is 0 Å². The van der Waals surface area contributed by atoms with Gasteiger partial charge in [-0.25, -0.2) is 9.97 Å². The molecule has 100 valence electrons. The van der Waals surface area contributed by atoms with Gasteiger partial charge in [-0.15, -0.1) is 0 Å². The molecule has 0 spiro atoms. The Morgan fingerprint density at radius 3 is 2.89 bits per heavy atom. The third kappa shape index (κ3) is 2.41. The van der Waals surface area contributed by atoms with Crippen molar-refractivity contribution in [3.8, 4) is 0 Å². The maximum absolute atomic E-state index is 5.99. The average Bonchev–Trinajstić information content (AvgIpc) is 2.32. The van der Waals surface area contributed by atoms with E-state index in [4.69, 9.17) is 10.5 Å². The van der Waals surface area contributed by atoms with E-state index in [2.05, 4.69) is 35.6 Å². The second-order valence-corrected chi connectivity index (χ2v) is 5.33.